The topological polar surface area (TPSA) is 108 Å². The van der Waals surface area contributed by atoms with Crippen molar-refractivity contribution in [2.24, 2.45) is 0 Å². The first-order chi connectivity index (χ1) is 46.6. The summed E-state index contributed by atoms with van der Waals surface area (Å²) in [6, 6.07) is 0. The van der Waals surface area contributed by atoms with Gasteiger partial charge in [-0.2, -0.15) is 0 Å². The summed E-state index contributed by atoms with van der Waals surface area (Å²) >= 11 is 0. The van der Waals surface area contributed by atoms with E-state index in [0.29, 0.717) is 17.4 Å². The van der Waals surface area contributed by atoms with E-state index in [4.69, 9.17) is 18.9 Å². The SMILES string of the molecule is CC/C=C\C/C=C\C/C=C\C/C=C\C/C=C\CCCCCCCCCCCCCCCCCC(=O)OC(COC(=O)CCCCCCCCCCCCCCCCCCCCCCCCCCCC/C=C\C/C=C\C/C=C\C/C=C\CC)COC(OCC[N+](C)(C)C)C(=O)O. The third-order valence-corrected chi connectivity index (χ3v) is 17.5. The number of hydrogen-bond acceptors (Lipinski definition) is 7. The number of hydrogen-bond donors (Lipinski definition) is 1. The van der Waals surface area contributed by atoms with Crippen LogP contribution >= 0.6 is 0 Å². The molecule has 0 fully saturated rings. The van der Waals surface area contributed by atoms with Gasteiger partial charge in [0.15, 0.2) is 6.10 Å². The molecule has 0 amide bonds. The van der Waals surface area contributed by atoms with Gasteiger partial charge in [0, 0.05) is 12.8 Å². The second-order valence-corrected chi connectivity index (χ2v) is 28.0. The molecule has 0 radical (unpaired) electrons. The lowest BCUT2D eigenvalue weighted by Crippen LogP contribution is -2.40. The Morgan fingerprint density at radius 2 is 0.568 bits per heavy atom. The normalized spacial score (nSPS) is 13.2. The van der Waals surface area contributed by atoms with E-state index in [1.54, 1.807) is 0 Å². The lowest BCUT2D eigenvalue weighted by Gasteiger charge is -2.25. The lowest BCUT2D eigenvalue weighted by molar-refractivity contribution is -0.870. The zero-order valence-electron chi connectivity index (χ0n) is 62.8. The first-order valence-corrected chi connectivity index (χ1v) is 40.1. The quantitative estimate of drug-likeness (QED) is 0.0211. The van der Waals surface area contributed by atoms with Gasteiger partial charge in [-0.3, -0.25) is 9.59 Å². The monoisotopic (exact) mass is 1330 g/mol. The van der Waals surface area contributed by atoms with E-state index >= 15 is 0 Å². The number of carboxylic acid groups (broad SMARTS) is 1. The number of carbonyl (C=O) groups excluding carboxylic acids is 2. The van der Waals surface area contributed by atoms with Crippen LogP contribution in [0.15, 0.2) is 109 Å². The van der Waals surface area contributed by atoms with Crippen molar-refractivity contribution >= 4 is 17.9 Å². The Bertz CT molecular complexity index is 1930. The number of esters is 2. The number of aliphatic carboxylic acids is 1. The maximum Gasteiger partial charge on any atom is 0.361 e. The molecule has 9 heteroatoms. The third kappa shape index (κ3) is 77.2. The van der Waals surface area contributed by atoms with Crippen LogP contribution in [-0.2, 0) is 33.3 Å². The summed E-state index contributed by atoms with van der Waals surface area (Å²) in [6.07, 6.45) is 104. The van der Waals surface area contributed by atoms with Gasteiger partial charge >= 0.3 is 17.9 Å². The number of rotatable bonds is 74. The average Bonchev–Trinajstić information content (AvgIpc) is 3.24. The molecular formula is C86H152NO8+. The van der Waals surface area contributed by atoms with Crippen LogP contribution < -0.4 is 0 Å². The molecule has 2 atom stereocenters. The Labute approximate surface area is 587 Å². The summed E-state index contributed by atoms with van der Waals surface area (Å²) in [7, 11) is 5.99. The summed E-state index contributed by atoms with van der Waals surface area (Å²) in [4.78, 5) is 37.7. The average molecular weight is 1330 g/mol. The molecular weight excluding hydrogens is 1170 g/mol. The van der Waals surface area contributed by atoms with Gasteiger partial charge in [-0.1, -0.05) is 361 Å². The highest BCUT2D eigenvalue weighted by atomic mass is 16.7. The summed E-state index contributed by atoms with van der Waals surface area (Å²) in [6.45, 7) is 4.70. The number of ether oxygens (including phenoxy) is 4. The Hall–Kier alpha value is -4.05. The number of quaternary nitrogens is 1. The largest absolute Gasteiger partial charge is 0.477 e. The van der Waals surface area contributed by atoms with Crippen molar-refractivity contribution in [2.45, 2.75) is 373 Å². The highest BCUT2D eigenvalue weighted by Crippen LogP contribution is 2.19. The Kier molecular flexibility index (Phi) is 72.5. The van der Waals surface area contributed by atoms with E-state index in [9.17, 15) is 19.5 Å². The second kappa shape index (κ2) is 75.7. The Morgan fingerprint density at radius 3 is 0.842 bits per heavy atom. The first kappa shape index (κ1) is 91.0. The number of unbranched alkanes of at least 4 members (excludes halogenated alkanes) is 41. The number of likely N-dealkylation sites (N-methyl/N-ethyl adjacent to an activating group) is 1. The molecule has 0 spiro atoms. The molecule has 0 aliphatic heterocycles. The van der Waals surface area contributed by atoms with Crippen LogP contribution in [0.5, 0.6) is 0 Å². The maximum atomic E-state index is 13.0. The van der Waals surface area contributed by atoms with Gasteiger partial charge in [0.1, 0.15) is 13.2 Å². The van der Waals surface area contributed by atoms with Gasteiger partial charge in [0.25, 0.3) is 6.29 Å². The van der Waals surface area contributed by atoms with E-state index < -0.39 is 24.3 Å². The van der Waals surface area contributed by atoms with Crippen LogP contribution in [0.1, 0.15) is 361 Å². The molecule has 2 unspecified atom stereocenters. The van der Waals surface area contributed by atoms with Crippen molar-refractivity contribution < 1.29 is 42.9 Å². The smallest absolute Gasteiger partial charge is 0.361 e. The standard InChI is InChI=1S/C86H151NO8/c1-6-8-10-12-14-16-18-20-22-24-26-28-30-32-34-36-38-39-40-41-42-43-44-45-47-48-50-52-54-56-58-60-62-64-66-68-70-72-74-76-83(88)93-80-82(81-94-86(85(90)91)92-79-78-87(3,4)5)95-84(89)77-75-73-71-69-67-65-63-61-59-57-55-53-51-49-46-37-35-33-31-29-27-25-23-21-19-17-15-13-11-9-7-2/h8-11,14-17,20-23,26-29,33,35,82,86H,6-7,12-13,18-19,24-25,30-32,34,36-81H2,1-5H3/p+1/b10-8-,11-9-,16-14-,17-15-,22-20-,23-21-,28-26-,29-27-,35-33-. The van der Waals surface area contributed by atoms with Gasteiger partial charge in [-0.15, -0.1) is 0 Å². The highest BCUT2D eigenvalue weighted by molar-refractivity contribution is 5.71. The zero-order chi connectivity index (χ0) is 69.0. The fraction of sp³-hybridized carbons (Fsp3) is 0.756. The summed E-state index contributed by atoms with van der Waals surface area (Å²) < 4.78 is 23.1. The number of nitrogens with zero attached hydrogens (tertiary/aromatic N) is 1. The summed E-state index contributed by atoms with van der Waals surface area (Å²) in [5.41, 5.74) is 0. The second-order valence-electron chi connectivity index (χ2n) is 28.0. The van der Waals surface area contributed by atoms with Crippen LogP contribution in [0, 0.1) is 0 Å². The van der Waals surface area contributed by atoms with Crippen LogP contribution in [0.25, 0.3) is 0 Å². The van der Waals surface area contributed by atoms with Gasteiger partial charge in [-0.05, 0) is 96.3 Å². The first-order valence-electron chi connectivity index (χ1n) is 40.1. The van der Waals surface area contributed by atoms with E-state index in [1.165, 1.54) is 238 Å². The number of carbonyl (C=O) groups is 3. The van der Waals surface area contributed by atoms with Crippen molar-refractivity contribution in [1.82, 2.24) is 0 Å². The van der Waals surface area contributed by atoms with Crippen molar-refractivity contribution in [1.29, 1.82) is 0 Å². The highest BCUT2D eigenvalue weighted by Gasteiger charge is 2.25. The molecule has 9 nitrogen and oxygen atoms in total. The lowest BCUT2D eigenvalue weighted by atomic mass is 10.0. The van der Waals surface area contributed by atoms with Crippen molar-refractivity contribution in [3.8, 4) is 0 Å². The molecule has 0 aromatic rings. The van der Waals surface area contributed by atoms with Crippen LogP contribution in [0.3, 0.4) is 0 Å². The van der Waals surface area contributed by atoms with Gasteiger partial charge in [0.05, 0.1) is 34.4 Å². The fourth-order valence-corrected chi connectivity index (χ4v) is 11.5. The predicted molar refractivity (Wildman–Crippen MR) is 410 cm³/mol. The van der Waals surface area contributed by atoms with Crippen molar-refractivity contribution in [2.75, 3.05) is 47.5 Å². The van der Waals surface area contributed by atoms with Gasteiger partial charge in [0.2, 0.25) is 0 Å². The maximum absolute atomic E-state index is 13.0. The molecule has 0 aromatic heterocycles. The number of carboxylic acids is 1. The molecule has 0 bridgehead atoms. The molecule has 0 heterocycles. The van der Waals surface area contributed by atoms with Gasteiger partial charge < -0.3 is 28.5 Å². The van der Waals surface area contributed by atoms with E-state index in [-0.39, 0.29) is 32.2 Å². The molecule has 0 saturated carbocycles. The van der Waals surface area contributed by atoms with Crippen LogP contribution in [-0.4, -0.2) is 87.4 Å². The molecule has 0 aliphatic rings. The molecule has 1 N–H and O–H groups in total. The fourth-order valence-electron chi connectivity index (χ4n) is 11.5. The minimum absolute atomic E-state index is 0.181. The molecule has 548 valence electrons. The molecule has 0 rings (SSSR count). The Morgan fingerprint density at radius 1 is 0.316 bits per heavy atom. The van der Waals surface area contributed by atoms with Crippen LogP contribution in [0.2, 0.25) is 0 Å². The van der Waals surface area contributed by atoms with Crippen LogP contribution in [0.4, 0.5) is 0 Å². The van der Waals surface area contributed by atoms with E-state index in [0.717, 1.165) is 96.3 Å². The zero-order valence-corrected chi connectivity index (χ0v) is 62.8. The van der Waals surface area contributed by atoms with Gasteiger partial charge in [-0.25, -0.2) is 4.79 Å². The van der Waals surface area contributed by atoms with Crippen molar-refractivity contribution in [3.63, 3.8) is 0 Å². The predicted octanol–water partition coefficient (Wildman–Crippen LogP) is 25.7. The minimum Gasteiger partial charge on any atom is -0.477 e. The third-order valence-electron chi connectivity index (χ3n) is 17.5. The molecule has 0 aliphatic carbocycles. The van der Waals surface area contributed by atoms with Crippen molar-refractivity contribution in [3.05, 3.63) is 109 Å². The Balaban J connectivity index is 3.98. The minimum atomic E-state index is -1.51. The molecule has 0 aromatic carbocycles. The summed E-state index contributed by atoms with van der Waals surface area (Å²) in [5, 5.41) is 9.77. The van der Waals surface area contributed by atoms with E-state index in [2.05, 4.69) is 123 Å². The van der Waals surface area contributed by atoms with E-state index in [1.807, 2.05) is 21.1 Å². The molecule has 95 heavy (non-hydrogen) atoms. The molecule has 0 saturated heterocycles. The number of allylic oxidation sites excluding steroid dienone is 18. The summed E-state index contributed by atoms with van der Waals surface area (Å²) in [5.74, 6) is -1.99.